The van der Waals surface area contributed by atoms with Crippen LogP contribution in [0.4, 0.5) is 13.2 Å². The van der Waals surface area contributed by atoms with Crippen molar-refractivity contribution in [2.24, 2.45) is 5.73 Å². The summed E-state index contributed by atoms with van der Waals surface area (Å²) >= 11 is 0. The van der Waals surface area contributed by atoms with Crippen LogP contribution in [0.15, 0.2) is 24.3 Å². The Hall–Kier alpha value is -1.56. The first-order valence-electron chi connectivity index (χ1n) is 5.37. The van der Waals surface area contributed by atoms with Crippen molar-refractivity contribution in [3.8, 4) is 0 Å². The highest BCUT2D eigenvalue weighted by Crippen LogP contribution is 2.29. The smallest absolute Gasteiger partial charge is 0.368 e. The molecule has 0 bridgehead atoms. The summed E-state index contributed by atoms with van der Waals surface area (Å²) in [6.07, 6.45) is -4.33. The van der Waals surface area contributed by atoms with Crippen molar-refractivity contribution in [3.63, 3.8) is 0 Å². The molecule has 0 fully saturated rings. The zero-order valence-corrected chi connectivity index (χ0v) is 10.2. The second-order valence-electron chi connectivity index (χ2n) is 4.19. The Morgan fingerprint density at radius 1 is 1.33 bits per heavy atom. The zero-order chi connectivity index (χ0) is 13.9. The van der Waals surface area contributed by atoms with Gasteiger partial charge in [0.15, 0.2) is 0 Å². The van der Waals surface area contributed by atoms with E-state index in [4.69, 9.17) is 5.73 Å². The minimum Gasteiger partial charge on any atom is -0.368 e. The number of primary amides is 1. The van der Waals surface area contributed by atoms with Crippen LogP contribution in [0.1, 0.15) is 18.1 Å². The van der Waals surface area contributed by atoms with Gasteiger partial charge in [0.2, 0.25) is 5.91 Å². The van der Waals surface area contributed by atoms with E-state index in [2.05, 4.69) is 0 Å². The van der Waals surface area contributed by atoms with Gasteiger partial charge in [0.05, 0.1) is 11.6 Å². The van der Waals surface area contributed by atoms with Crippen molar-refractivity contribution in [3.05, 3.63) is 35.4 Å². The molecule has 1 amide bonds. The van der Waals surface area contributed by atoms with Gasteiger partial charge in [-0.05, 0) is 31.7 Å². The van der Waals surface area contributed by atoms with Gasteiger partial charge in [-0.15, -0.1) is 0 Å². The van der Waals surface area contributed by atoms with Crippen LogP contribution in [0.3, 0.4) is 0 Å². The van der Waals surface area contributed by atoms with Gasteiger partial charge in [-0.2, -0.15) is 13.2 Å². The zero-order valence-electron chi connectivity index (χ0n) is 10.2. The van der Waals surface area contributed by atoms with Gasteiger partial charge >= 0.3 is 6.18 Å². The first kappa shape index (κ1) is 14.5. The number of likely N-dealkylation sites (N-methyl/N-ethyl adjacent to an activating group) is 1. The molecule has 0 radical (unpaired) electrons. The number of carbonyl (C=O) groups is 1. The third-order valence-corrected chi connectivity index (χ3v) is 2.79. The van der Waals surface area contributed by atoms with E-state index in [1.54, 1.807) is 18.9 Å². The van der Waals surface area contributed by atoms with Crippen LogP contribution in [-0.2, 0) is 17.5 Å². The van der Waals surface area contributed by atoms with Gasteiger partial charge in [0.25, 0.3) is 0 Å². The number of alkyl halides is 3. The maximum Gasteiger partial charge on any atom is 0.416 e. The van der Waals surface area contributed by atoms with Gasteiger partial charge < -0.3 is 5.73 Å². The van der Waals surface area contributed by atoms with Crippen molar-refractivity contribution in [1.82, 2.24) is 4.90 Å². The summed E-state index contributed by atoms with van der Waals surface area (Å²) in [7, 11) is 1.69. The molecule has 0 unspecified atom stereocenters. The van der Waals surface area contributed by atoms with Crippen LogP contribution in [0.25, 0.3) is 0 Å². The number of benzene rings is 1. The van der Waals surface area contributed by atoms with Crippen molar-refractivity contribution in [2.45, 2.75) is 25.7 Å². The van der Waals surface area contributed by atoms with Crippen molar-refractivity contribution < 1.29 is 18.0 Å². The largest absolute Gasteiger partial charge is 0.416 e. The quantitative estimate of drug-likeness (QED) is 0.900. The van der Waals surface area contributed by atoms with Gasteiger partial charge in [0, 0.05) is 6.54 Å². The predicted octanol–water partition coefficient (Wildman–Crippen LogP) is 2.01. The maximum atomic E-state index is 12.3. The fourth-order valence-corrected chi connectivity index (χ4v) is 1.44. The van der Waals surface area contributed by atoms with E-state index in [0.29, 0.717) is 12.1 Å². The minimum atomic E-state index is -4.33. The summed E-state index contributed by atoms with van der Waals surface area (Å²) in [4.78, 5) is 12.6. The molecule has 1 aromatic rings. The Bertz CT molecular complexity index is 414. The van der Waals surface area contributed by atoms with E-state index >= 15 is 0 Å². The van der Waals surface area contributed by atoms with E-state index in [1.165, 1.54) is 12.1 Å². The molecule has 0 aromatic heterocycles. The summed E-state index contributed by atoms with van der Waals surface area (Å²) in [6.45, 7) is 2.01. The number of hydrogen-bond acceptors (Lipinski definition) is 2. The third-order valence-electron chi connectivity index (χ3n) is 2.79. The molecule has 3 nitrogen and oxygen atoms in total. The average Bonchev–Trinajstić information content (AvgIpc) is 2.27. The van der Waals surface area contributed by atoms with Gasteiger partial charge in [-0.1, -0.05) is 12.1 Å². The molecule has 0 heterocycles. The van der Waals surface area contributed by atoms with Gasteiger partial charge in [0.1, 0.15) is 0 Å². The molecule has 1 aromatic carbocycles. The van der Waals surface area contributed by atoms with Crippen molar-refractivity contribution >= 4 is 5.91 Å². The van der Waals surface area contributed by atoms with Crippen LogP contribution in [-0.4, -0.2) is 23.9 Å². The molecule has 0 aliphatic rings. The summed E-state index contributed by atoms with van der Waals surface area (Å²) in [6, 6.07) is 4.38. The fourth-order valence-electron chi connectivity index (χ4n) is 1.44. The first-order chi connectivity index (χ1) is 8.21. The lowest BCUT2D eigenvalue weighted by Crippen LogP contribution is -2.39. The van der Waals surface area contributed by atoms with Crippen LogP contribution in [0, 0.1) is 0 Å². The highest BCUT2D eigenvalue weighted by molar-refractivity contribution is 5.79. The second-order valence-corrected chi connectivity index (χ2v) is 4.19. The topological polar surface area (TPSA) is 46.3 Å². The molecule has 100 valence electrons. The molecule has 0 saturated heterocycles. The van der Waals surface area contributed by atoms with E-state index in [-0.39, 0.29) is 0 Å². The van der Waals surface area contributed by atoms with E-state index in [0.717, 1.165) is 12.1 Å². The van der Waals surface area contributed by atoms with E-state index in [9.17, 15) is 18.0 Å². The third kappa shape index (κ3) is 3.73. The molecular formula is C12H15F3N2O. The van der Waals surface area contributed by atoms with Gasteiger partial charge in [-0.25, -0.2) is 0 Å². The number of hydrogen-bond donors (Lipinski definition) is 1. The number of nitrogens with zero attached hydrogens (tertiary/aromatic N) is 1. The Kier molecular flexibility index (Phi) is 4.34. The molecule has 18 heavy (non-hydrogen) atoms. The molecule has 1 atom stereocenters. The number of rotatable bonds is 4. The Labute approximate surface area is 103 Å². The SMILES string of the molecule is C[C@@H](C(N)=O)N(C)Cc1ccc(C(F)(F)F)cc1. The summed E-state index contributed by atoms with van der Waals surface area (Å²) in [5.41, 5.74) is 5.15. The molecule has 2 N–H and O–H groups in total. The lowest BCUT2D eigenvalue weighted by Gasteiger charge is -2.22. The minimum absolute atomic E-state index is 0.363. The summed E-state index contributed by atoms with van der Waals surface area (Å²) < 4.78 is 37.0. The lowest BCUT2D eigenvalue weighted by atomic mass is 10.1. The molecular weight excluding hydrogens is 245 g/mol. The molecule has 1 rings (SSSR count). The van der Waals surface area contributed by atoms with Crippen LogP contribution >= 0.6 is 0 Å². The van der Waals surface area contributed by atoms with Crippen molar-refractivity contribution in [2.75, 3.05) is 7.05 Å². The maximum absolute atomic E-state index is 12.3. The molecule has 6 heteroatoms. The molecule has 0 aliphatic carbocycles. The van der Waals surface area contributed by atoms with E-state index < -0.39 is 23.7 Å². The van der Waals surface area contributed by atoms with Crippen LogP contribution in [0.2, 0.25) is 0 Å². The highest BCUT2D eigenvalue weighted by atomic mass is 19.4. The van der Waals surface area contributed by atoms with E-state index in [1.807, 2.05) is 0 Å². The average molecular weight is 260 g/mol. The Morgan fingerprint density at radius 2 is 1.83 bits per heavy atom. The summed E-state index contributed by atoms with van der Waals surface area (Å²) in [5, 5.41) is 0. The monoisotopic (exact) mass is 260 g/mol. The van der Waals surface area contributed by atoms with Crippen LogP contribution in [0.5, 0.6) is 0 Å². The Morgan fingerprint density at radius 3 is 2.22 bits per heavy atom. The number of halogens is 3. The molecule has 0 spiro atoms. The number of carbonyl (C=O) groups excluding carboxylic acids is 1. The highest BCUT2D eigenvalue weighted by Gasteiger charge is 2.30. The van der Waals surface area contributed by atoms with Crippen LogP contribution < -0.4 is 5.73 Å². The summed E-state index contributed by atoms with van der Waals surface area (Å²) in [5.74, 6) is -0.468. The fraction of sp³-hybridized carbons (Fsp3) is 0.417. The number of amides is 1. The van der Waals surface area contributed by atoms with Gasteiger partial charge in [-0.3, -0.25) is 9.69 Å². The lowest BCUT2D eigenvalue weighted by molar-refractivity contribution is -0.137. The normalized spacial score (nSPS) is 13.7. The molecule has 0 saturated carbocycles. The Balaban J connectivity index is 2.73. The molecule has 0 aliphatic heterocycles. The van der Waals surface area contributed by atoms with Crippen molar-refractivity contribution in [1.29, 1.82) is 0 Å². The second kappa shape index (κ2) is 5.39. The first-order valence-corrected chi connectivity index (χ1v) is 5.37. The standard InChI is InChI=1S/C12H15F3N2O/c1-8(11(16)18)17(2)7-9-3-5-10(6-4-9)12(13,14)15/h3-6,8H,7H2,1-2H3,(H2,16,18)/t8-/m0/s1. The number of nitrogens with two attached hydrogens (primary N) is 1. The predicted molar refractivity (Wildman–Crippen MR) is 61.6 cm³/mol.